The van der Waals surface area contributed by atoms with Crippen LogP contribution in [0.2, 0.25) is 0 Å². The number of nitrogens with zero attached hydrogens (tertiary/aromatic N) is 7. The number of alkyl halides is 1. The van der Waals surface area contributed by atoms with Crippen molar-refractivity contribution in [1.29, 1.82) is 0 Å². The highest BCUT2D eigenvalue weighted by molar-refractivity contribution is 8.44. The summed E-state index contributed by atoms with van der Waals surface area (Å²) in [5, 5.41) is 21.1. The highest BCUT2D eigenvalue weighted by Crippen LogP contribution is 2.59. The summed E-state index contributed by atoms with van der Waals surface area (Å²) in [6.07, 6.45) is -6.76. The predicted molar refractivity (Wildman–Crippen MR) is 151 cm³/mol. The van der Waals surface area contributed by atoms with E-state index in [2.05, 4.69) is 42.5 Å². The average molecular weight is 694 g/mol. The van der Waals surface area contributed by atoms with Crippen LogP contribution in [0.4, 0.5) is 10.2 Å². The first-order valence-electron chi connectivity index (χ1n) is 12.7. The molecule has 7 heterocycles. The largest absolute Gasteiger partial charge is 0.387 e. The minimum absolute atomic E-state index is 0.0567. The lowest BCUT2D eigenvalue weighted by Gasteiger charge is -2.26. The number of hydrogen-bond acceptors (Lipinski definition) is 16. The topological polar surface area (TPSA) is 246 Å². The number of aliphatic hydroxyl groups is 1. The number of rotatable bonds is 2. The number of halogens is 1. The van der Waals surface area contributed by atoms with E-state index in [0.717, 1.165) is 4.52 Å². The van der Waals surface area contributed by atoms with Crippen molar-refractivity contribution in [1.82, 2.24) is 39.3 Å². The van der Waals surface area contributed by atoms with Gasteiger partial charge in [-0.05, 0) is 11.8 Å². The Hall–Kier alpha value is -2.46. The van der Waals surface area contributed by atoms with E-state index in [1.165, 1.54) is 29.6 Å². The van der Waals surface area contributed by atoms with Crippen molar-refractivity contribution in [3.63, 3.8) is 0 Å². The molecule has 0 saturated carbocycles. The molecule has 0 spiro atoms. The molecule has 0 aliphatic carbocycles. The number of nitrogen functional groups attached to an aromatic ring is 1. The molecule has 4 aromatic heterocycles. The maximum Gasteiger partial charge on any atom is 0.386 e. The lowest BCUT2D eigenvalue weighted by Crippen LogP contribution is -2.34. The van der Waals surface area contributed by atoms with Gasteiger partial charge in [0.1, 0.15) is 48.5 Å². The zero-order valence-electron chi connectivity index (χ0n) is 21.8. The third-order valence-electron chi connectivity index (χ3n) is 7.26. The summed E-state index contributed by atoms with van der Waals surface area (Å²) >= 11 is 9.22. The van der Waals surface area contributed by atoms with E-state index in [9.17, 15) is 19.4 Å². The first kappa shape index (κ1) is 30.2. The first-order chi connectivity index (χ1) is 20.9. The van der Waals surface area contributed by atoms with Gasteiger partial charge in [-0.2, -0.15) is 14.7 Å². The van der Waals surface area contributed by atoms with Gasteiger partial charge in [0, 0.05) is 5.56 Å². The van der Waals surface area contributed by atoms with E-state index in [-0.39, 0.29) is 28.1 Å². The zero-order valence-corrected chi connectivity index (χ0v) is 25.3. The summed E-state index contributed by atoms with van der Waals surface area (Å²) in [7, 11) is 0. The molecule has 2 bridgehead atoms. The smallest absolute Gasteiger partial charge is 0.386 e. The molecule has 44 heavy (non-hydrogen) atoms. The third-order valence-corrected chi connectivity index (χ3v) is 10.4. The highest BCUT2D eigenvalue weighted by atomic mass is 32.7. The van der Waals surface area contributed by atoms with Crippen molar-refractivity contribution in [3.05, 3.63) is 41.1 Å². The molecule has 19 nitrogen and oxygen atoms in total. The van der Waals surface area contributed by atoms with Gasteiger partial charge in [0.15, 0.2) is 23.9 Å². The number of aliphatic hydroxyl groups excluding tert-OH is 1. The number of hydrogen-bond donors (Lipinski definition) is 5. The number of nitrogens with two attached hydrogens (primary N) is 1. The summed E-state index contributed by atoms with van der Waals surface area (Å²) in [6.45, 7) is -9.79. The van der Waals surface area contributed by atoms with Gasteiger partial charge in [0.05, 0.1) is 37.5 Å². The third kappa shape index (κ3) is 5.27. The highest BCUT2D eigenvalue weighted by Gasteiger charge is 2.53. The summed E-state index contributed by atoms with van der Waals surface area (Å²) in [4.78, 5) is 35.1. The Morgan fingerprint density at radius 3 is 2.75 bits per heavy atom. The van der Waals surface area contributed by atoms with Crippen molar-refractivity contribution in [3.8, 4) is 0 Å². The van der Waals surface area contributed by atoms with Crippen LogP contribution in [-0.4, -0.2) is 99.2 Å². The van der Waals surface area contributed by atoms with Crippen LogP contribution < -0.4 is 11.4 Å². The molecule has 4 aromatic rings. The molecule has 10 atom stereocenters. The standard InChI is InChI=1S/C20H22FN9O10P2S2/c21-11-15-10(38-19(11)29-6-25-12-17(22)23-5-24-18(12)29)4-36-42(34,44)40-16-13(31)9(3-35-41(33,43)39-15)37-14(16)7-1-27-30-8(7)2-26-28-20(30)32/h1-2,5-6,9-11,13-16,19,31H,3-4H2,(H,28,32)(H,33,43)(H,34,44)(H2,22,23,24)/t9-,10-,11-,13-,14+,15-,16-,19-,41?,42?/m1/s1. The van der Waals surface area contributed by atoms with E-state index < -0.39 is 81.4 Å². The molecule has 3 aliphatic rings. The van der Waals surface area contributed by atoms with Gasteiger partial charge in [0.25, 0.3) is 0 Å². The van der Waals surface area contributed by atoms with E-state index in [0.29, 0.717) is 0 Å². The lowest BCUT2D eigenvalue weighted by atomic mass is 10.0. The quantitative estimate of drug-likeness (QED) is 0.136. The SMILES string of the molecule is Nc1ncnc2c1ncn2[C@@H]1O[C@@H]2COP(=O)(S)O[C@@H]3[C@H](O)[C@@H](COP(O)(=S)O[C@H]2[C@H]1F)O[C@H]3c1cnn2c(=O)[nH]ncc12. The van der Waals surface area contributed by atoms with Gasteiger partial charge < -0.3 is 29.7 Å². The minimum Gasteiger partial charge on any atom is -0.387 e. The molecular weight excluding hydrogens is 671 g/mol. The number of ether oxygens (including phenoxy) is 2. The number of aromatic nitrogens is 8. The number of aromatic amines is 1. The fourth-order valence-electron chi connectivity index (χ4n) is 5.26. The first-order valence-corrected chi connectivity index (χ1v) is 18.0. The van der Waals surface area contributed by atoms with Crippen molar-refractivity contribution < 1.29 is 46.5 Å². The van der Waals surface area contributed by atoms with Crippen LogP contribution in [0.1, 0.15) is 17.9 Å². The van der Waals surface area contributed by atoms with Gasteiger partial charge in [-0.25, -0.2) is 33.8 Å². The normalized spacial score (nSPS) is 38.3. The molecule has 0 amide bonds. The van der Waals surface area contributed by atoms with Gasteiger partial charge in [-0.1, -0.05) is 12.2 Å². The molecule has 3 aliphatic heterocycles. The Balaban J connectivity index is 1.20. The number of H-pyrrole nitrogens is 1. The molecule has 7 rings (SSSR count). The Kier molecular flexibility index (Phi) is 7.63. The van der Waals surface area contributed by atoms with Gasteiger partial charge >= 0.3 is 19.2 Å². The summed E-state index contributed by atoms with van der Waals surface area (Å²) in [5.41, 5.74) is 5.99. The monoisotopic (exact) mass is 693 g/mol. The zero-order chi connectivity index (χ0) is 31.0. The van der Waals surface area contributed by atoms with Crippen LogP contribution in [0.3, 0.4) is 0 Å². The van der Waals surface area contributed by atoms with E-state index >= 15 is 4.39 Å². The molecule has 0 aromatic carbocycles. The van der Waals surface area contributed by atoms with Crippen LogP contribution in [0, 0.1) is 0 Å². The molecular formula is C20H22FN9O10P2S2. The van der Waals surface area contributed by atoms with Gasteiger partial charge in [0.2, 0.25) is 0 Å². The molecule has 2 unspecified atom stereocenters. The van der Waals surface area contributed by atoms with Crippen molar-refractivity contribution in [2.75, 3.05) is 18.9 Å². The molecule has 0 radical (unpaired) electrons. The van der Waals surface area contributed by atoms with Crippen LogP contribution >= 0.6 is 25.8 Å². The van der Waals surface area contributed by atoms with Crippen molar-refractivity contribution in [2.45, 2.75) is 49.0 Å². The summed E-state index contributed by atoms with van der Waals surface area (Å²) < 4.78 is 65.7. The number of imidazole rings is 1. The van der Waals surface area contributed by atoms with E-state index in [1.807, 2.05) is 0 Å². The Bertz CT molecular complexity index is 1900. The van der Waals surface area contributed by atoms with Crippen LogP contribution in [0.5, 0.6) is 0 Å². The lowest BCUT2D eigenvalue weighted by molar-refractivity contribution is -0.0466. The number of anilines is 1. The second-order valence-corrected chi connectivity index (χ2v) is 15.6. The fourth-order valence-corrected chi connectivity index (χ4v) is 8.16. The Morgan fingerprint density at radius 1 is 1.14 bits per heavy atom. The van der Waals surface area contributed by atoms with E-state index in [1.54, 1.807) is 0 Å². The number of nitrogens with one attached hydrogen (secondary N) is 1. The predicted octanol–water partition coefficient (Wildman–Crippen LogP) is -0.0521. The van der Waals surface area contributed by atoms with Crippen LogP contribution in [-0.2, 0) is 43.9 Å². The molecule has 3 fully saturated rings. The summed E-state index contributed by atoms with van der Waals surface area (Å²) in [5.74, 6) is 0.0567. The maximum atomic E-state index is 16.0. The molecule has 24 heteroatoms. The van der Waals surface area contributed by atoms with Crippen LogP contribution in [0.15, 0.2) is 29.8 Å². The number of fused-ring (bicyclic) bond motifs is 5. The second kappa shape index (κ2) is 11.1. The summed E-state index contributed by atoms with van der Waals surface area (Å²) in [6, 6.07) is 0. The Morgan fingerprint density at radius 2 is 1.93 bits per heavy atom. The molecule has 236 valence electrons. The van der Waals surface area contributed by atoms with Gasteiger partial charge in [-0.15, -0.1) is 0 Å². The maximum absolute atomic E-state index is 16.0. The average Bonchev–Trinajstić information content (AvgIpc) is 3.73. The van der Waals surface area contributed by atoms with E-state index in [4.69, 9.17) is 45.1 Å². The van der Waals surface area contributed by atoms with Crippen molar-refractivity contribution in [2.24, 2.45) is 0 Å². The number of thiol groups is 1. The molecule has 3 saturated heterocycles. The minimum atomic E-state index is -4.36. The van der Waals surface area contributed by atoms with Gasteiger partial charge in [-0.3, -0.25) is 18.1 Å². The molecule has 5 N–H and O–H groups in total. The second-order valence-electron chi connectivity index (χ2n) is 9.92. The van der Waals surface area contributed by atoms with Crippen LogP contribution in [0.25, 0.3) is 16.7 Å². The van der Waals surface area contributed by atoms with Crippen molar-refractivity contribution >= 4 is 60.1 Å². The Labute approximate surface area is 254 Å². The fraction of sp³-hybridized carbons (Fsp3) is 0.500.